The normalized spacial score (nSPS) is 29.4. The number of nitrogens with two attached hydrogens (primary N) is 1. The highest BCUT2D eigenvalue weighted by molar-refractivity contribution is 9.10. The van der Waals surface area contributed by atoms with Gasteiger partial charge in [-0.15, -0.1) is 0 Å². The van der Waals surface area contributed by atoms with Crippen LogP contribution in [0.1, 0.15) is 45.7 Å². The summed E-state index contributed by atoms with van der Waals surface area (Å²) in [6, 6.07) is 7.11. The topological polar surface area (TPSA) is 29.3 Å². The van der Waals surface area contributed by atoms with Gasteiger partial charge in [0.05, 0.1) is 0 Å². The number of nitrogens with zero attached hydrogens (tertiary/aromatic N) is 1. The fourth-order valence-electron chi connectivity index (χ4n) is 3.18. The predicted octanol–water partition coefficient (Wildman–Crippen LogP) is 4.34. The standard InChI is InChI=1S/C16H25BrN2/c1-10-7-11(2)13(4)19(9-10)16-8-14(17)5-6-15(16)12(3)18/h5-6,8,10-13H,7,9,18H2,1-4H3. The van der Waals surface area contributed by atoms with Crippen LogP contribution in [-0.2, 0) is 0 Å². The molecule has 3 heteroatoms. The molecule has 0 bridgehead atoms. The molecule has 1 heterocycles. The molecule has 1 aliphatic heterocycles. The number of hydrogen-bond donors (Lipinski definition) is 1. The molecule has 0 amide bonds. The van der Waals surface area contributed by atoms with Crippen molar-refractivity contribution in [2.75, 3.05) is 11.4 Å². The van der Waals surface area contributed by atoms with Crippen LogP contribution in [0.25, 0.3) is 0 Å². The van der Waals surface area contributed by atoms with Gasteiger partial charge in [0.15, 0.2) is 0 Å². The van der Waals surface area contributed by atoms with Crippen molar-refractivity contribution in [3.63, 3.8) is 0 Å². The van der Waals surface area contributed by atoms with Crippen LogP contribution in [0.3, 0.4) is 0 Å². The number of benzene rings is 1. The molecule has 0 radical (unpaired) electrons. The van der Waals surface area contributed by atoms with E-state index in [9.17, 15) is 0 Å². The second-order valence-corrected chi connectivity index (χ2v) is 7.12. The second kappa shape index (κ2) is 5.84. The zero-order chi connectivity index (χ0) is 14.2. The van der Waals surface area contributed by atoms with Gasteiger partial charge in [0.25, 0.3) is 0 Å². The molecule has 1 fully saturated rings. The van der Waals surface area contributed by atoms with E-state index in [1.54, 1.807) is 0 Å². The summed E-state index contributed by atoms with van der Waals surface area (Å²) in [6.07, 6.45) is 1.32. The van der Waals surface area contributed by atoms with Crippen molar-refractivity contribution in [3.05, 3.63) is 28.2 Å². The van der Waals surface area contributed by atoms with E-state index in [4.69, 9.17) is 5.73 Å². The molecule has 19 heavy (non-hydrogen) atoms. The van der Waals surface area contributed by atoms with Crippen LogP contribution < -0.4 is 10.6 Å². The van der Waals surface area contributed by atoms with Gasteiger partial charge in [-0.3, -0.25) is 0 Å². The molecule has 1 aliphatic rings. The molecular weight excluding hydrogens is 300 g/mol. The molecule has 1 aromatic rings. The Morgan fingerprint density at radius 2 is 2.00 bits per heavy atom. The van der Waals surface area contributed by atoms with E-state index < -0.39 is 0 Å². The summed E-state index contributed by atoms with van der Waals surface area (Å²) < 4.78 is 1.13. The molecule has 4 unspecified atom stereocenters. The molecule has 2 rings (SSSR count). The first-order valence-corrected chi connectivity index (χ1v) is 8.01. The second-order valence-electron chi connectivity index (χ2n) is 6.20. The van der Waals surface area contributed by atoms with Crippen molar-refractivity contribution in [2.24, 2.45) is 17.6 Å². The Kier molecular flexibility index (Phi) is 4.57. The third kappa shape index (κ3) is 3.14. The average molecular weight is 325 g/mol. The highest BCUT2D eigenvalue weighted by Gasteiger charge is 2.30. The Morgan fingerprint density at radius 3 is 2.63 bits per heavy atom. The van der Waals surface area contributed by atoms with Gasteiger partial charge < -0.3 is 10.6 Å². The molecule has 1 aromatic carbocycles. The summed E-state index contributed by atoms with van der Waals surface area (Å²) in [6.45, 7) is 10.2. The van der Waals surface area contributed by atoms with Gasteiger partial charge in [-0.25, -0.2) is 0 Å². The molecule has 0 saturated carbocycles. The first kappa shape index (κ1) is 14.9. The Labute approximate surface area is 125 Å². The summed E-state index contributed by atoms with van der Waals surface area (Å²) in [5, 5.41) is 0. The molecule has 1 saturated heterocycles. The van der Waals surface area contributed by atoms with Gasteiger partial charge in [0.1, 0.15) is 0 Å². The van der Waals surface area contributed by atoms with Crippen molar-refractivity contribution in [1.29, 1.82) is 0 Å². The van der Waals surface area contributed by atoms with Crippen LogP contribution >= 0.6 is 15.9 Å². The van der Waals surface area contributed by atoms with Gasteiger partial charge >= 0.3 is 0 Å². The van der Waals surface area contributed by atoms with Gasteiger partial charge in [0, 0.05) is 28.8 Å². The van der Waals surface area contributed by atoms with Crippen LogP contribution in [0.4, 0.5) is 5.69 Å². The van der Waals surface area contributed by atoms with E-state index in [-0.39, 0.29) is 6.04 Å². The van der Waals surface area contributed by atoms with Crippen LogP contribution in [0.2, 0.25) is 0 Å². The van der Waals surface area contributed by atoms with Crippen molar-refractivity contribution in [3.8, 4) is 0 Å². The highest BCUT2D eigenvalue weighted by Crippen LogP contribution is 2.36. The fourth-order valence-corrected chi connectivity index (χ4v) is 3.53. The molecule has 2 N–H and O–H groups in total. The Balaban J connectivity index is 2.41. The third-order valence-corrected chi connectivity index (χ3v) is 4.88. The largest absolute Gasteiger partial charge is 0.368 e. The number of piperidine rings is 1. The van der Waals surface area contributed by atoms with E-state index in [1.165, 1.54) is 17.7 Å². The molecule has 106 valence electrons. The van der Waals surface area contributed by atoms with Gasteiger partial charge in [-0.1, -0.05) is 35.8 Å². The molecular formula is C16H25BrN2. The van der Waals surface area contributed by atoms with Crippen LogP contribution in [-0.4, -0.2) is 12.6 Å². The minimum atomic E-state index is 0.0721. The minimum Gasteiger partial charge on any atom is -0.368 e. The van der Waals surface area contributed by atoms with Crippen molar-refractivity contribution in [1.82, 2.24) is 0 Å². The summed E-state index contributed by atoms with van der Waals surface area (Å²) >= 11 is 3.59. The Morgan fingerprint density at radius 1 is 1.32 bits per heavy atom. The Bertz CT molecular complexity index is 444. The van der Waals surface area contributed by atoms with E-state index in [0.29, 0.717) is 6.04 Å². The minimum absolute atomic E-state index is 0.0721. The quantitative estimate of drug-likeness (QED) is 0.876. The number of hydrogen-bond acceptors (Lipinski definition) is 2. The molecule has 2 nitrogen and oxygen atoms in total. The predicted molar refractivity (Wildman–Crippen MR) is 86.5 cm³/mol. The lowest BCUT2D eigenvalue weighted by atomic mass is 9.85. The van der Waals surface area contributed by atoms with Gasteiger partial charge in [-0.05, 0) is 49.8 Å². The SMILES string of the molecule is CC1CC(C)C(C)N(c2cc(Br)ccc2C(C)N)C1. The smallest absolute Gasteiger partial charge is 0.0428 e. The van der Waals surface area contributed by atoms with E-state index in [0.717, 1.165) is 22.9 Å². The Hall–Kier alpha value is -0.540. The summed E-state index contributed by atoms with van der Waals surface area (Å²) in [4.78, 5) is 2.54. The van der Waals surface area contributed by atoms with Gasteiger partial charge in [-0.2, -0.15) is 0 Å². The molecule has 0 aliphatic carbocycles. The van der Waals surface area contributed by atoms with Crippen molar-refractivity contribution < 1.29 is 0 Å². The van der Waals surface area contributed by atoms with Crippen LogP contribution in [0.15, 0.2) is 22.7 Å². The lowest BCUT2D eigenvalue weighted by Crippen LogP contribution is -2.46. The summed E-state index contributed by atoms with van der Waals surface area (Å²) in [7, 11) is 0. The third-order valence-electron chi connectivity index (χ3n) is 4.39. The maximum Gasteiger partial charge on any atom is 0.0428 e. The van der Waals surface area contributed by atoms with E-state index in [1.807, 2.05) is 0 Å². The highest BCUT2D eigenvalue weighted by atomic mass is 79.9. The summed E-state index contributed by atoms with van der Waals surface area (Å²) in [5.74, 6) is 1.47. The molecule has 4 atom stereocenters. The van der Waals surface area contributed by atoms with E-state index >= 15 is 0 Å². The lowest BCUT2D eigenvalue weighted by Gasteiger charge is -2.43. The first-order chi connectivity index (χ1) is 8.90. The zero-order valence-electron chi connectivity index (χ0n) is 12.4. The number of anilines is 1. The van der Waals surface area contributed by atoms with Crippen LogP contribution in [0.5, 0.6) is 0 Å². The fraction of sp³-hybridized carbons (Fsp3) is 0.625. The maximum absolute atomic E-state index is 6.14. The van der Waals surface area contributed by atoms with E-state index in [2.05, 4.69) is 66.7 Å². The summed E-state index contributed by atoms with van der Waals surface area (Å²) in [5.41, 5.74) is 8.69. The zero-order valence-corrected chi connectivity index (χ0v) is 13.9. The monoisotopic (exact) mass is 324 g/mol. The first-order valence-electron chi connectivity index (χ1n) is 7.21. The average Bonchev–Trinajstić information content (AvgIpc) is 2.33. The van der Waals surface area contributed by atoms with Crippen molar-refractivity contribution >= 4 is 21.6 Å². The van der Waals surface area contributed by atoms with Crippen molar-refractivity contribution in [2.45, 2.75) is 46.2 Å². The maximum atomic E-state index is 6.14. The van der Waals surface area contributed by atoms with Gasteiger partial charge in [0.2, 0.25) is 0 Å². The number of halogens is 1. The molecule has 0 aromatic heterocycles. The number of rotatable bonds is 2. The van der Waals surface area contributed by atoms with Crippen LogP contribution in [0, 0.1) is 11.8 Å². The lowest BCUT2D eigenvalue weighted by molar-refractivity contribution is 0.296. The molecule has 0 spiro atoms.